The SMILES string of the molecule is O=C(CSc1n[nH]c(/C=C/c2ccc(F)cc2)n1)Nc1ccc(Cl)cc1F. The van der Waals surface area contributed by atoms with Crippen molar-refractivity contribution < 1.29 is 13.6 Å². The fraction of sp³-hybridized carbons (Fsp3) is 0.0556. The maximum absolute atomic E-state index is 13.7. The van der Waals surface area contributed by atoms with E-state index in [0.717, 1.165) is 23.4 Å². The van der Waals surface area contributed by atoms with Crippen LogP contribution in [-0.2, 0) is 4.79 Å². The van der Waals surface area contributed by atoms with E-state index in [1.54, 1.807) is 24.3 Å². The van der Waals surface area contributed by atoms with Crippen molar-refractivity contribution in [1.29, 1.82) is 0 Å². The zero-order chi connectivity index (χ0) is 19.2. The molecule has 0 aliphatic rings. The van der Waals surface area contributed by atoms with Gasteiger partial charge in [0.05, 0.1) is 11.4 Å². The van der Waals surface area contributed by atoms with Crippen LogP contribution in [0.15, 0.2) is 47.6 Å². The molecule has 138 valence electrons. The van der Waals surface area contributed by atoms with Crippen LogP contribution in [0.4, 0.5) is 14.5 Å². The molecule has 0 radical (unpaired) electrons. The Hall–Kier alpha value is -2.71. The molecule has 1 aromatic heterocycles. The van der Waals surface area contributed by atoms with Crippen LogP contribution in [0.25, 0.3) is 12.2 Å². The Labute approximate surface area is 162 Å². The van der Waals surface area contributed by atoms with Crippen molar-refractivity contribution in [2.75, 3.05) is 11.1 Å². The van der Waals surface area contributed by atoms with Gasteiger partial charge in [-0.2, -0.15) is 0 Å². The van der Waals surface area contributed by atoms with Crippen LogP contribution in [0.3, 0.4) is 0 Å². The molecule has 1 amide bonds. The normalized spacial score (nSPS) is 11.1. The molecular weight excluding hydrogens is 394 g/mol. The number of nitrogens with one attached hydrogen (secondary N) is 2. The Balaban J connectivity index is 1.53. The van der Waals surface area contributed by atoms with Gasteiger partial charge < -0.3 is 5.32 Å². The van der Waals surface area contributed by atoms with Gasteiger partial charge in [0.25, 0.3) is 0 Å². The second-order valence-corrected chi connectivity index (χ2v) is 6.73. The van der Waals surface area contributed by atoms with Crippen molar-refractivity contribution in [3.63, 3.8) is 0 Å². The molecule has 27 heavy (non-hydrogen) atoms. The maximum Gasteiger partial charge on any atom is 0.234 e. The van der Waals surface area contributed by atoms with Crippen molar-refractivity contribution in [3.8, 4) is 0 Å². The highest BCUT2D eigenvalue weighted by molar-refractivity contribution is 7.99. The number of hydrogen-bond donors (Lipinski definition) is 2. The molecule has 0 saturated heterocycles. The number of rotatable bonds is 6. The molecule has 1 heterocycles. The van der Waals surface area contributed by atoms with Gasteiger partial charge in [-0.15, -0.1) is 5.10 Å². The third-order valence-electron chi connectivity index (χ3n) is 3.32. The highest BCUT2D eigenvalue weighted by Crippen LogP contribution is 2.20. The number of hydrogen-bond acceptors (Lipinski definition) is 4. The highest BCUT2D eigenvalue weighted by atomic mass is 35.5. The Morgan fingerprint density at radius 3 is 2.70 bits per heavy atom. The third kappa shape index (κ3) is 5.63. The summed E-state index contributed by atoms with van der Waals surface area (Å²) in [6, 6.07) is 10.0. The topological polar surface area (TPSA) is 70.7 Å². The summed E-state index contributed by atoms with van der Waals surface area (Å²) < 4.78 is 26.5. The minimum Gasteiger partial charge on any atom is -0.323 e. The van der Waals surface area contributed by atoms with E-state index in [-0.39, 0.29) is 22.3 Å². The number of H-pyrrole nitrogens is 1. The summed E-state index contributed by atoms with van der Waals surface area (Å²) in [5, 5.41) is 9.81. The summed E-state index contributed by atoms with van der Waals surface area (Å²) >= 11 is 6.77. The molecular formula is C18H13ClF2N4OS. The van der Waals surface area contributed by atoms with Gasteiger partial charge >= 0.3 is 0 Å². The molecule has 0 saturated carbocycles. The Bertz CT molecular complexity index is 976. The number of carbonyl (C=O) groups excluding carboxylic acids is 1. The van der Waals surface area contributed by atoms with Crippen LogP contribution in [0.1, 0.15) is 11.4 Å². The minimum absolute atomic E-state index is 0.0149. The standard InChI is InChI=1S/C18H13ClF2N4OS/c19-12-4-7-15(14(21)9-12)22-17(26)10-27-18-23-16(24-25-18)8-3-11-1-5-13(20)6-2-11/h1-9H,10H2,(H,22,26)(H,23,24,25)/b8-3+. The van der Waals surface area contributed by atoms with Crippen LogP contribution < -0.4 is 5.32 Å². The lowest BCUT2D eigenvalue weighted by molar-refractivity contribution is -0.113. The fourth-order valence-corrected chi connectivity index (χ4v) is 2.82. The lowest BCUT2D eigenvalue weighted by Gasteiger charge is -2.05. The van der Waals surface area contributed by atoms with Gasteiger partial charge in [0.1, 0.15) is 17.5 Å². The number of amides is 1. The fourth-order valence-electron chi connectivity index (χ4n) is 2.05. The van der Waals surface area contributed by atoms with Crippen molar-refractivity contribution in [3.05, 3.63) is 70.5 Å². The summed E-state index contributed by atoms with van der Waals surface area (Å²) in [5.41, 5.74) is 0.870. The van der Waals surface area contributed by atoms with Gasteiger partial charge in [0, 0.05) is 5.02 Å². The van der Waals surface area contributed by atoms with E-state index in [9.17, 15) is 13.6 Å². The van der Waals surface area contributed by atoms with Crippen LogP contribution in [0.2, 0.25) is 5.02 Å². The number of nitrogens with zero attached hydrogens (tertiary/aromatic N) is 2. The van der Waals surface area contributed by atoms with Crippen molar-refractivity contribution in [1.82, 2.24) is 15.2 Å². The van der Waals surface area contributed by atoms with Gasteiger partial charge in [-0.05, 0) is 42.0 Å². The van der Waals surface area contributed by atoms with E-state index in [1.807, 2.05) is 0 Å². The quantitative estimate of drug-likeness (QED) is 0.585. The summed E-state index contributed by atoms with van der Waals surface area (Å²) in [7, 11) is 0. The lowest BCUT2D eigenvalue weighted by Crippen LogP contribution is -2.15. The first-order chi connectivity index (χ1) is 13.0. The molecule has 0 aliphatic heterocycles. The zero-order valence-electron chi connectivity index (χ0n) is 13.7. The number of aromatic nitrogens is 3. The van der Waals surface area contributed by atoms with E-state index in [2.05, 4.69) is 20.5 Å². The third-order valence-corrected chi connectivity index (χ3v) is 4.41. The van der Waals surface area contributed by atoms with Gasteiger partial charge in [0.15, 0.2) is 0 Å². The zero-order valence-corrected chi connectivity index (χ0v) is 15.3. The van der Waals surface area contributed by atoms with Gasteiger partial charge in [-0.1, -0.05) is 41.6 Å². The van der Waals surface area contributed by atoms with E-state index in [0.29, 0.717) is 11.0 Å². The molecule has 2 aromatic carbocycles. The summed E-state index contributed by atoms with van der Waals surface area (Å²) in [4.78, 5) is 16.1. The monoisotopic (exact) mass is 406 g/mol. The highest BCUT2D eigenvalue weighted by Gasteiger charge is 2.10. The van der Waals surface area contributed by atoms with E-state index >= 15 is 0 Å². The molecule has 3 rings (SSSR count). The van der Waals surface area contributed by atoms with Crippen molar-refractivity contribution in [2.24, 2.45) is 0 Å². The lowest BCUT2D eigenvalue weighted by atomic mass is 10.2. The first-order valence-corrected chi connectivity index (χ1v) is 9.10. The minimum atomic E-state index is -0.605. The largest absolute Gasteiger partial charge is 0.323 e. The average molecular weight is 407 g/mol. The molecule has 0 spiro atoms. The number of benzene rings is 2. The Kier molecular flexibility index (Phi) is 6.20. The van der Waals surface area contributed by atoms with Crippen LogP contribution in [0.5, 0.6) is 0 Å². The maximum atomic E-state index is 13.7. The molecule has 0 bridgehead atoms. The molecule has 0 atom stereocenters. The molecule has 3 aromatic rings. The van der Waals surface area contributed by atoms with Crippen LogP contribution in [-0.4, -0.2) is 26.8 Å². The first-order valence-electron chi connectivity index (χ1n) is 7.73. The molecule has 5 nitrogen and oxygen atoms in total. The smallest absolute Gasteiger partial charge is 0.234 e. The molecule has 0 fully saturated rings. The molecule has 0 aliphatic carbocycles. The van der Waals surface area contributed by atoms with Crippen molar-refractivity contribution >= 4 is 47.1 Å². The Morgan fingerprint density at radius 2 is 1.96 bits per heavy atom. The number of anilines is 1. The molecule has 0 unspecified atom stereocenters. The van der Waals surface area contributed by atoms with E-state index in [4.69, 9.17) is 11.6 Å². The van der Waals surface area contributed by atoms with Crippen molar-refractivity contribution in [2.45, 2.75) is 5.16 Å². The van der Waals surface area contributed by atoms with E-state index in [1.165, 1.54) is 24.3 Å². The predicted molar refractivity (Wildman–Crippen MR) is 102 cm³/mol. The van der Waals surface area contributed by atoms with Gasteiger partial charge in [-0.25, -0.2) is 13.8 Å². The summed E-state index contributed by atoms with van der Waals surface area (Å²) in [6.45, 7) is 0. The average Bonchev–Trinajstić information content (AvgIpc) is 3.10. The Morgan fingerprint density at radius 1 is 1.19 bits per heavy atom. The number of thioether (sulfide) groups is 1. The van der Waals surface area contributed by atoms with Crippen LogP contribution in [0, 0.1) is 11.6 Å². The second-order valence-electron chi connectivity index (χ2n) is 5.35. The summed E-state index contributed by atoms with van der Waals surface area (Å²) in [5.74, 6) is -0.796. The number of aromatic amines is 1. The van der Waals surface area contributed by atoms with Crippen LogP contribution >= 0.6 is 23.4 Å². The van der Waals surface area contributed by atoms with Gasteiger partial charge in [-0.3, -0.25) is 9.89 Å². The molecule has 9 heteroatoms. The summed E-state index contributed by atoms with van der Waals surface area (Å²) in [6.07, 6.45) is 3.44. The predicted octanol–water partition coefficient (Wildman–Crippen LogP) is 4.64. The number of carbonyl (C=O) groups is 1. The van der Waals surface area contributed by atoms with E-state index < -0.39 is 11.7 Å². The number of halogens is 3. The molecule has 2 N–H and O–H groups in total. The first kappa shape index (κ1) is 19.1. The van der Waals surface area contributed by atoms with Gasteiger partial charge in [0.2, 0.25) is 11.1 Å². The second kappa shape index (κ2) is 8.79.